The van der Waals surface area contributed by atoms with Crippen molar-refractivity contribution in [3.63, 3.8) is 0 Å². The summed E-state index contributed by atoms with van der Waals surface area (Å²) in [5.41, 5.74) is 1.39. The monoisotopic (exact) mass is 359 g/mol. The number of carbonyl (C=O) groups is 3. The molecule has 2 unspecified atom stereocenters. The summed E-state index contributed by atoms with van der Waals surface area (Å²) in [6, 6.07) is 7.13. The standard InChI is InChI=1S/C20H29N3O3/c1-13(2)21-18(24)12-15-7-9-16(10-8-15)22-19(25)20(26)23-17-6-4-5-14(3)11-17/h7-10,13-14,17H,4-6,11-12H2,1-3H3,(H,21,24)(H,22,25)(H,23,26). The van der Waals surface area contributed by atoms with Crippen molar-refractivity contribution in [2.24, 2.45) is 5.92 Å². The maximum absolute atomic E-state index is 12.1. The van der Waals surface area contributed by atoms with Crippen LogP contribution in [-0.4, -0.2) is 29.8 Å². The van der Waals surface area contributed by atoms with Crippen molar-refractivity contribution in [2.75, 3.05) is 5.32 Å². The highest BCUT2D eigenvalue weighted by Gasteiger charge is 2.23. The van der Waals surface area contributed by atoms with E-state index < -0.39 is 11.8 Å². The molecule has 1 aliphatic carbocycles. The second-order valence-corrected chi connectivity index (χ2v) is 7.49. The summed E-state index contributed by atoms with van der Waals surface area (Å²) in [6.07, 6.45) is 4.40. The molecule has 1 saturated carbocycles. The predicted octanol–water partition coefficient (Wildman–Crippen LogP) is 2.39. The van der Waals surface area contributed by atoms with Gasteiger partial charge in [0, 0.05) is 17.8 Å². The molecule has 6 nitrogen and oxygen atoms in total. The van der Waals surface area contributed by atoms with E-state index in [1.807, 2.05) is 13.8 Å². The van der Waals surface area contributed by atoms with E-state index in [1.165, 1.54) is 6.42 Å². The number of amides is 3. The molecule has 0 radical (unpaired) electrons. The summed E-state index contributed by atoms with van der Waals surface area (Å²) < 4.78 is 0. The van der Waals surface area contributed by atoms with Crippen LogP contribution in [0.3, 0.4) is 0 Å². The van der Waals surface area contributed by atoms with Gasteiger partial charge in [-0.3, -0.25) is 14.4 Å². The maximum Gasteiger partial charge on any atom is 0.313 e. The molecule has 142 valence electrons. The summed E-state index contributed by atoms with van der Waals surface area (Å²) in [4.78, 5) is 35.9. The molecule has 2 atom stereocenters. The molecular weight excluding hydrogens is 330 g/mol. The molecule has 0 aliphatic heterocycles. The van der Waals surface area contributed by atoms with Crippen LogP contribution in [0, 0.1) is 5.92 Å². The van der Waals surface area contributed by atoms with Gasteiger partial charge in [-0.25, -0.2) is 0 Å². The van der Waals surface area contributed by atoms with Crippen LogP contribution in [0.1, 0.15) is 52.0 Å². The number of anilines is 1. The maximum atomic E-state index is 12.1. The highest BCUT2D eigenvalue weighted by atomic mass is 16.2. The molecule has 1 aromatic rings. The fraction of sp³-hybridized carbons (Fsp3) is 0.550. The van der Waals surface area contributed by atoms with Gasteiger partial charge in [-0.1, -0.05) is 31.9 Å². The smallest absolute Gasteiger partial charge is 0.313 e. The van der Waals surface area contributed by atoms with E-state index in [0.717, 1.165) is 24.8 Å². The Balaban J connectivity index is 1.82. The number of hydrogen-bond acceptors (Lipinski definition) is 3. The van der Waals surface area contributed by atoms with Crippen LogP contribution in [0.15, 0.2) is 24.3 Å². The van der Waals surface area contributed by atoms with Crippen molar-refractivity contribution in [1.82, 2.24) is 10.6 Å². The number of benzene rings is 1. The van der Waals surface area contributed by atoms with Gasteiger partial charge in [-0.05, 0) is 50.3 Å². The second-order valence-electron chi connectivity index (χ2n) is 7.49. The average molecular weight is 359 g/mol. The van der Waals surface area contributed by atoms with Crippen molar-refractivity contribution in [3.8, 4) is 0 Å². The van der Waals surface area contributed by atoms with Gasteiger partial charge in [-0.2, -0.15) is 0 Å². The van der Waals surface area contributed by atoms with Gasteiger partial charge in [-0.15, -0.1) is 0 Å². The minimum atomic E-state index is -0.659. The third-order valence-corrected chi connectivity index (χ3v) is 4.50. The van der Waals surface area contributed by atoms with Crippen molar-refractivity contribution < 1.29 is 14.4 Å². The summed E-state index contributed by atoms with van der Waals surface area (Å²) in [7, 11) is 0. The predicted molar refractivity (Wildman–Crippen MR) is 102 cm³/mol. The van der Waals surface area contributed by atoms with E-state index in [1.54, 1.807) is 24.3 Å². The lowest BCUT2D eigenvalue weighted by molar-refractivity contribution is -0.136. The first-order valence-electron chi connectivity index (χ1n) is 9.33. The van der Waals surface area contributed by atoms with E-state index >= 15 is 0 Å². The minimum absolute atomic E-state index is 0.0436. The largest absolute Gasteiger partial charge is 0.354 e. The Bertz CT molecular complexity index is 640. The van der Waals surface area contributed by atoms with Crippen LogP contribution in [0.5, 0.6) is 0 Å². The van der Waals surface area contributed by atoms with Gasteiger partial charge < -0.3 is 16.0 Å². The zero-order valence-electron chi connectivity index (χ0n) is 15.8. The zero-order valence-corrected chi connectivity index (χ0v) is 15.8. The van der Waals surface area contributed by atoms with Gasteiger partial charge in [0.2, 0.25) is 5.91 Å². The molecule has 3 amide bonds. The van der Waals surface area contributed by atoms with Crippen molar-refractivity contribution in [2.45, 2.75) is 65.0 Å². The molecule has 0 aromatic heterocycles. The Morgan fingerprint density at radius 2 is 1.77 bits per heavy atom. The number of hydrogen-bond donors (Lipinski definition) is 3. The molecule has 1 fully saturated rings. The number of nitrogens with one attached hydrogen (secondary N) is 3. The second kappa shape index (κ2) is 9.36. The fourth-order valence-corrected chi connectivity index (χ4v) is 3.27. The van der Waals surface area contributed by atoms with E-state index in [0.29, 0.717) is 11.6 Å². The molecule has 26 heavy (non-hydrogen) atoms. The SMILES string of the molecule is CC1CCCC(NC(=O)C(=O)Nc2ccc(CC(=O)NC(C)C)cc2)C1. The molecule has 6 heteroatoms. The molecular formula is C20H29N3O3. The lowest BCUT2D eigenvalue weighted by Crippen LogP contribution is -2.43. The highest BCUT2D eigenvalue weighted by molar-refractivity contribution is 6.39. The van der Waals surface area contributed by atoms with Gasteiger partial charge in [0.05, 0.1) is 6.42 Å². The van der Waals surface area contributed by atoms with Gasteiger partial charge in [0.1, 0.15) is 0 Å². The summed E-state index contributed by atoms with van der Waals surface area (Å²) in [5, 5.41) is 8.26. The van der Waals surface area contributed by atoms with E-state index in [2.05, 4.69) is 22.9 Å². The molecule has 0 bridgehead atoms. The number of rotatable bonds is 5. The topological polar surface area (TPSA) is 87.3 Å². The van der Waals surface area contributed by atoms with Crippen molar-refractivity contribution >= 4 is 23.4 Å². The molecule has 0 heterocycles. The zero-order chi connectivity index (χ0) is 19.1. The first-order valence-corrected chi connectivity index (χ1v) is 9.33. The Hall–Kier alpha value is -2.37. The first-order chi connectivity index (χ1) is 12.3. The summed E-state index contributed by atoms with van der Waals surface area (Å²) in [5.74, 6) is -0.714. The van der Waals surface area contributed by atoms with E-state index in [-0.39, 0.29) is 24.4 Å². The van der Waals surface area contributed by atoms with E-state index in [9.17, 15) is 14.4 Å². The Kier molecular flexibility index (Phi) is 7.18. The van der Waals surface area contributed by atoms with Crippen LogP contribution < -0.4 is 16.0 Å². The van der Waals surface area contributed by atoms with E-state index in [4.69, 9.17) is 0 Å². The van der Waals surface area contributed by atoms with Gasteiger partial charge in [0.15, 0.2) is 0 Å². The van der Waals surface area contributed by atoms with Gasteiger partial charge in [0.25, 0.3) is 0 Å². The fourth-order valence-electron chi connectivity index (χ4n) is 3.27. The van der Waals surface area contributed by atoms with Crippen LogP contribution in [0.4, 0.5) is 5.69 Å². The summed E-state index contributed by atoms with van der Waals surface area (Å²) in [6.45, 7) is 5.99. The number of carbonyl (C=O) groups excluding carboxylic acids is 3. The quantitative estimate of drug-likeness (QED) is 0.706. The molecule has 3 N–H and O–H groups in total. The molecule has 0 saturated heterocycles. The summed E-state index contributed by atoms with van der Waals surface area (Å²) >= 11 is 0. The van der Waals surface area contributed by atoms with Crippen LogP contribution >= 0.6 is 0 Å². The van der Waals surface area contributed by atoms with Crippen molar-refractivity contribution in [3.05, 3.63) is 29.8 Å². The third kappa shape index (κ3) is 6.50. The minimum Gasteiger partial charge on any atom is -0.354 e. The Morgan fingerprint density at radius 3 is 2.38 bits per heavy atom. The first kappa shape index (κ1) is 19.9. The van der Waals surface area contributed by atoms with Crippen molar-refractivity contribution in [1.29, 1.82) is 0 Å². The lowest BCUT2D eigenvalue weighted by atomic mass is 9.87. The average Bonchev–Trinajstić information content (AvgIpc) is 2.55. The Morgan fingerprint density at radius 1 is 1.08 bits per heavy atom. The molecule has 2 rings (SSSR count). The molecule has 1 aliphatic rings. The van der Waals surface area contributed by atoms with Crippen LogP contribution in [-0.2, 0) is 20.8 Å². The van der Waals surface area contributed by atoms with Crippen LogP contribution in [0.25, 0.3) is 0 Å². The molecule has 1 aromatic carbocycles. The van der Waals surface area contributed by atoms with Gasteiger partial charge >= 0.3 is 11.8 Å². The highest BCUT2D eigenvalue weighted by Crippen LogP contribution is 2.23. The normalized spacial score (nSPS) is 19.7. The Labute approximate surface area is 155 Å². The lowest BCUT2D eigenvalue weighted by Gasteiger charge is -2.27. The van der Waals surface area contributed by atoms with Crippen LogP contribution in [0.2, 0.25) is 0 Å². The third-order valence-electron chi connectivity index (χ3n) is 4.50. The molecule has 0 spiro atoms.